The van der Waals surface area contributed by atoms with E-state index in [1.807, 2.05) is 6.92 Å². The van der Waals surface area contributed by atoms with Crippen LogP contribution in [0, 0.1) is 13.8 Å². The summed E-state index contributed by atoms with van der Waals surface area (Å²) in [7, 11) is 1.17. The predicted molar refractivity (Wildman–Crippen MR) is 94.1 cm³/mol. The van der Waals surface area contributed by atoms with Gasteiger partial charge in [0.05, 0.1) is 12.7 Å². The van der Waals surface area contributed by atoms with Gasteiger partial charge in [0, 0.05) is 5.56 Å². The van der Waals surface area contributed by atoms with Gasteiger partial charge < -0.3 is 14.2 Å². The Morgan fingerprint density at radius 1 is 1.07 bits per heavy atom. The Morgan fingerprint density at radius 2 is 1.74 bits per heavy atom. The van der Waals surface area contributed by atoms with Crippen LogP contribution in [0.5, 0.6) is 11.5 Å². The topological polar surface area (TPSA) is 44.8 Å². The molecule has 0 saturated heterocycles. The van der Waals surface area contributed by atoms with Crippen LogP contribution in [0.1, 0.15) is 34.7 Å². The molecule has 0 aliphatic carbocycles. The molecule has 2 rings (SSSR count). The van der Waals surface area contributed by atoms with Crippen molar-refractivity contribution in [2.24, 2.45) is 0 Å². The number of benzene rings is 2. The molecule has 0 radical (unpaired) electrons. The molecule has 0 spiro atoms. The molecule has 0 aliphatic rings. The minimum absolute atomic E-state index is 0.179. The Hall–Kier alpha value is -2.70. The zero-order valence-corrected chi connectivity index (χ0v) is 15.6. The fourth-order valence-electron chi connectivity index (χ4n) is 2.61. The van der Waals surface area contributed by atoms with Gasteiger partial charge in [-0.15, -0.1) is 0 Å². The monoisotopic (exact) mass is 382 g/mol. The summed E-state index contributed by atoms with van der Waals surface area (Å²) >= 11 is 0. The summed E-state index contributed by atoms with van der Waals surface area (Å²) in [5.41, 5.74) is 1.67. The number of alkyl halides is 3. The summed E-state index contributed by atoms with van der Waals surface area (Å²) in [6, 6.07) is 7.47. The van der Waals surface area contributed by atoms with Gasteiger partial charge >= 0.3 is 12.3 Å². The first-order valence-electron chi connectivity index (χ1n) is 8.35. The number of carbonyl (C=O) groups is 1. The van der Waals surface area contributed by atoms with Crippen molar-refractivity contribution in [3.05, 3.63) is 58.1 Å². The molecular formula is C20H21F3O4. The minimum Gasteiger partial charge on any atom is -0.488 e. The lowest BCUT2D eigenvalue weighted by molar-refractivity contribution is -0.139. The van der Waals surface area contributed by atoms with Crippen molar-refractivity contribution < 1.29 is 32.2 Å². The van der Waals surface area contributed by atoms with Crippen molar-refractivity contribution in [1.82, 2.24) is 0 Å². The Morgan fingerprint density at radius 3 is 2.33 bits per heavy atom. The Balaban J connectivity index is 2.39. The largest absolute Gasteiger partial charge is 0.513 e. The number of aryl methyl sites for hydroxylation is 3. The molecule has 27 heavy (non-hydrogen) atoms. The van der Waals surface area contributed by atoms with Crippen LogP contribution in [0.3, 0.4) is 0 Å². The maximum absolute atomic E-state index is 13.4. The lowest BCUT2D eigenvalue weighted by Gasteiger charge is -2.18. The van der Waals surface area contributed by atoms with E-state index in [4.69, 9.17) is 9.47 Å². The van der Waals surface area contributed by atoms with Gasteiger partial charge in [-0.25, -0.2) is 4.79 Å². The molecule has 0 fully saturated rings. The highest BCUT2D eigenvalue weighted by molar-refractivity contribution is 5.64. The highest BCUT2D eigenvalue weighted by Crippen LogP contribution is 2.38. The molecular weight excluding hydrogens is 361 g/mol. The first kappa shape index (κ1) is 20.6. The number of hydrogen-bond acceptors (Lipinski definition) is 4. The number of ether oxygens (including phenoxy) is 3. The molecule has 4 nitrogen and oxygen atoms in total. The van der Waals surface area contributed by atoms with Crippen LogP contribution in [0.4, 0.5) is 18.0 Å². The van der Waals surface area contributed by atoms with Gasteiger partial charge in [0.25, 0.3) is 0 Å². The van der Waals surface area contributed by atoms with Crippen molar-refractivity contribution in [2.45, 2.75) is 40.0 Å². The SMILES string of the molecule is CCc1cccc(OC(=O)OC)c1COc1cc(C)c(C)cc1C(F)(F)F. The third kappa shape index (κ3) is 4.93. The fraction of sp³-hybridized carbons (Fsp3) is 0.350. The van der Waals surface area contributed by atoms with Gasteiger partial charge in [-0.1, -0.05) is 19.1 Å². The summed E-state index contributed by atoms with van der Waals surface area (Å²) in [5, 5.41) is 0. The van der Waals surface area contributed by atoms with Crippen LogP contribution >= 0.6 is 0 Å². The van der Waals surface area contributed by atoms with Crippen molar-refractivity contribution >= 4 is 6.16 Å². The Labute approximate surface area is 155 Å². The third-order valence-electron chi connectivity index (χ3n) is 4.24. The molecule has 2 aromatic carbocycles. The van der Waals surface area contributed by atoms with Gasteiger partial charge in [-0.3, -0.25) is 0 Å². The van der Waals surface area contributed by atoms with Crippen LogP contribution in [0.25, 0.3) is 0 Å². The van der Waals surface area contributed by atoms with E-state index < -0.39 is 17.9 Å². The Bertz CT molecular complexity index is 829. The third-order valence-corrected chi connectivity index (χ3v) is 4.24. The number of halogens is 3. The molecule has 0 unspecified atom stereocenters. The van der Waals surface area contributed by atoms with Gasteiger partial charge in [0.2, 0.25) is 0 Å². The molecule has 0 bridgehead atoms. The molecule has 2 aromatic rings. The smallest absolute Gasteiger partial charge is 0.488 e. The fourth-order valence-corrected chi connectivity index (χ4v) is 2.61. The van der Waals surface area contributed by atoms with Crippen LogP contribution in [0.2, 0.25) is 0 Å². The standard InChI is InChI=1S/C20H21F3O4/c1-5-14-7-6-8-17(27-19(24)25-4)15(14)11-26-18-10-13(3)12(2)9-16(18)20(21,22)23/h6-10H,5,11H2,1-4H3. The molecule has 0 aromatic heterocycles. The number of methoxy groups -OCH3 is 1. The first-order chi connectivity index (χ1) is 12.7. The van der Waals surface area contributed by atoms with Gasteiger partial charge in [-0.2, -0.15) is 13.2 Å². The van der Waals surface area contributed by atoms with Crippen molar-refractivity contribution in [2.75, 3.05) is 7.11 Å². The second-order valence-corrected chi connectivity index (χ2v) is 6.02. The maximum atomic E-state index is 13.4. The zero-order chi connectivity index (χ0) is 20.2. The lowest BCUT2D eigenvalue weighted by Crippen LogP contribution is -2.13. The van der Waals surface area contributed by atoms with Crippen LogP contribution in [-0.4, -0.2) is 13.3 Å². The summed E-state index contributed by atoms with van der Waals surface area (Å²) in [4.78, 5) is 11.4. The second kappa shape index (κ2) is 8.33. The normalized spacial score (nSPS) is 11.2. The molecule has 146 valence electrons. The van der Waals surface area contributed by atoms with E-state index in [1.165, 1.54) is 13.2 Å². The summed E-state index contributed by atoms with van der Waals surface area (Å²) in [6.07, 6.45) is -4.86. The minimum atomic E-state index is -4.54. The summed E-state index contributed by atoms with van der Waals surface area (Å²) in [6.45, 7) is 5.04. The molecule has 0 saturated carbocycles. The van der Waals surface area contributed by atoms with E-state index in [0.717, 1.165) is 11.6 Å². The second-order valence-electron chi connectivity index (χ2n) is 6.02. The molecule has 0 amide bonds. The molecule has 0 atom stereocenters. The summed E-state index contributed by atoms with van der Waals surface area (Å²) in [5.74, 6) is -0.0703. The quantitative estimate of drug-likeness (QED) is 0.498. The van der Waals surface area contributed by atoms with Gasteiger partial charge in [0.1, 0.15) is 18.1 Å². The van der Waals surface area contributed by atoms with Gasteiger partial charge in [0.15, 0.2) is 0 Å². The van der Waals surface area contributed by atoms with E-state index in [1.54, 1.807) is 32.0 Å². The highest BCUT2D eigenvalue weighted by Gasteiger charge is 2.35. The van der Waals surface area contributed by atoms with Gasteiger partial charge in [-0.05, 0) is 55.2 Å². The molecule has 0 N–H and O–H groups in total. The highest BCUT2D eigenvalue weighted by atomic mass is 19.4. The van der Waals surface area contributed by atoms with Crippen molar-refractivity contribution in [3.8, 4) is 11.5 Å². The predicted octanol–water partition coefficient (Wildman–Crippen LogP) is 5.61. The van der Waals surface area contributed by atoms with E-state index in [-0.39, 0.29) is 18.1 Å². The van der Waals surface area contributed by atoms with Crippen LogP contribution in [0.15, 0.2) is 30.3 Å². The maximum Gasteiger partial charge on any atom is 0.513 e. The molecule has 0 heterocycles. The lowest BCUT2D eigenvalue weighted by atomic mass is 10.0. The zero-order valence-electron chi connectivity index (χ0n) is 15.6. The number of carbonyl (C=O) groups excluding carboxylic acids is 1. The van der Waals surface area contributed by atoms with E-state index >= 15 is 0 Å². The number of hydrogen-bond donors (Lipinski definition) is 0. The van der Waals surface area contributed by atoms with Crippen molar-refractivity contribution in [3.63, 3.8) is 0 Å². The van der Waals surface area contributed by atoms with Crippen molar-refractivity contribution in [1.29, 1.82) is 0 Å². The van der Waals surface area contributed by atoms with Crippen LogP contribution < -0.4 is 9.47 Å². The Kier molecular flexibility index (Phi) is 6.36. The number of rotatable bonds is 5. The average molecular weight is 382 g/mol. The molecule has 7 heteroatoms. The molecule has 0 aliphatic heterocycles. The van der Waals surface area contributed by atoms with E-state index in [2.05, 4.69) is 4.74 Å². The first-order valence-corrected chi connectivity index (χ1v) is 8.35. The average Bonchev–Trinajstić information content (AvgIpc) is 2.61. The van der Waals surface area contributed by atoms with E-state index in [0.29, 0.717) is 23.1 Å². The summed E-state index contributed by atoms with van der Waals surface area (Å²) < 4.78 is 55.2. The van der Waals surface area contributed by atoms with Crippen LogP contribution in [-0.2, 0) is 23.9 Å². The van der Waals surface area contributed by atoms with E-state index in [9.17, 15) is 18.0 Å².